The molecule has 0 unspecified atom stereocenters. The zero-order valence-corrected chi connectivity index (χ0v) is 42.9. The number of fused-ring (bicyclic) bond motifs is 6. The minimum Gasteiger partial charge on any atom is -0.869 e. The molecule has 2 aromatic heterocycles. The molecular formula is C40H24N9Na3O11S3. The standard InChI is InChI=1S/C40H27N9O11S3.3Na/c41-21-5-1-3-19(15-21)39-42-31-28-14-12-26(63(58,59)60)18-30(28)34(38(51)35(31)44-39)49-47-23-6-2-4-20(16-23)40-43-32-27-13-11-25(62(55,56)57)17-29(27)33(37(50)36(32)45-40)48-46-22-7-9-24(10-8-22)61(52,53)54;;;/h1-18,50-51H,41H2,(H,42,44)(H,43,45)(H,52,53,54)(H,55,56,57)(H,58,59,60);;;/q;3*+1/p-3. The molecule has 0 spiro atoms. The number of nitrogens with one attached hydrogen (secondary N) is 2. The Morgan fingerprint density at radius 1 is 0.515 bits per heavy atom. The second-order valence-electron chi connectivity index (χ2n) is 13.9. The Morgan fingerprint density at radius 3 is 1.41 bits per heavy atom. The molecular weight excluding hydrogens is 948 g/mol. The molecule has 6 N–H and O–H groups in total. The Morgan fingerprint density at radius 2 is 0.955 bits per heavy atom. The maximum absolute atomic E-state index is 14.0. The van der Waals surface area contributed by atoms with Crippen LogP contribution >= 0.6 is 0 Å². The van der Waals surface area contributed by atoms with Crippen LogP contribution in [0.5, 0.6) is 11.5 Å². The Balaban J connectivity index is 0.00000240. The van der Waals surface area contributed by atoms with Crippen LogP contribution in [0.1, 0.15) is 0 Å². The summed E-state index contributed by atoms with van der Waals surface area (Å²) in [5.41, 5.74) is 7.18. The number of hydrogen-bond acceptors (Lipinski definition) is 16. The number of imidazole rings is 2. The first-order valence-corrected chi connectivity index (χ1v) is 22.3. The van der Waals surface area contributed by atoms with E-state index in [0.29, 0.717) is 28.0 Å². The van der Waals surface area contributed by atoms with Crippen molar-refractivity contribution in [3.8, 4) is 34.3 Å². The van der Waals surface area contributed by atoms with E-state index >= 15 is 0 Å². The fourth-order valence-electron chi connectivity index (χ4n) is 6.89. The second-order valence-corrected chi connectivity index (χ2v) is 18.1. The zero-order chi connectivity index (χ0) is 44.6. The maximum atomic E-state index is 14.0. The van der Waals surface area contributed by atoms with Crippen LogP contribution in [0.3, 0.4) is 0 Å². The number of benzene rings is 7. The molecule has 0 radical (unpaired) electrons. The number of aromatic amines is 2. The summed E-state index contributed by atoms with van der Waals surface area (Å²) in [6.07, 6.45) is 0. The number of aromatic nitrogens is 4. The van der Waals surface area contributed by atoms with Gasteiger partial charge in [0.15, 0.2) is 0 Å². The van der Waals surface area contributed by atoms with E-state index < -0.39 is 56.5 Å². The van der Waals surface area contributed by atoms with Crippen molar-refractivity contribution in [1.29, 1.82) is 0 Å². The Hall–Kier alpha value is -4.67. The summed E-state index contributed by atoms with van der Waals surface area (Å²) in [5.74, 6) is -1.04. The molecule has 0 atom stereocenters. The molecule has 2 heterocycles. The van der Waals surface area contributed by atoms with Gasteiger partial charge in [0, 0.05) is 38.4 Å². The summed E-state index contributed by atoms with van der Waals surface area (Å²) in [6.45, 7) is 0. The molecule has 66 heavy (non-hydrogen) atoms. The summed E-state index contributed by atoms with van der Waals surface area (Å²) in [4.78, 5) is 13.6. The molecule has 7 aromatic carbocycles. The van der Waals surface area contributed by atoms with Crippen LogP contribution in [0.15, 0.2) is 144 Å². The summed E-state index contributed by atoms with van der Waals surface area (Å²) in [7, 11) is -14.2. The van der Waals surface area contributed by atoms with Crippen LogP contribution in [0.2, 0.25) is 0 Å². The number of H-pyrrole nitrogens is 2. The van der Waals surface area contributed by atoms with E-state index in [9.17, 15) is 49.1 Å². The fraction of sp³-hybridized carbons (Fsp3) is 0. The first-order valence-electron chi connectivity index (χ1n) is 18.0. The monoisotopic (exact) mass is 971 g/mol. The number of nitrogen functional groups attached to an aromatic ring is 1. The van der Waals surface area contributed by atoms with E-state index in [1.165, 1.54) is 30.3 Å². The largest absolute Gasteiger partial charge is 1.00 e. The third-order valence-electron chi connectivity index (χ3n) is 9.83. The van der Waals surface area contributed by atoms with Crippen molar-refractivity contribution >= 4 is 102 Å². The summed E-state index contributed by atoms with van der Waals surface area (Å²) in [5, 5.41) is 45.2. The molecule has 0 amide bonds. The Bertz CT molecular complexity index is 3830. The summed E-state index contributed by atoms with van der Waals surface area (Å²) < 4.78 is 102. The average molecular weight is 972 g/mol. The van der Waals surface area contributed by atoms with Crippen molar-refractivity contribution in [3.05, 3.63) is 109 Å². The Kier molecular flexibility index (Phi) is 14.7. The number of hydrogen-bond donors (Lipinski definition) is 5. The van der Waals surface area contributed by atoms with Crippen molar-refractivity contribution in [2.24, 2.45) is 20.5 Å². The molecule has 0 bridgehead atoms. The summed E-state index contributed by atoms with van der Waals surface area (Å²) >= 11 is 0. The van der Waals surface area contributed by atoms with Gasteiger partial charge in [-0.1, -0.05) is 47.9 Å². The van der Waals surface area contributed by atoms with Crippen molar-refractivity contribution in [2.75, 3.05) is 5.73 Å². The maximum Gasteiger partial charge on any atom is 1.00 e. The molecule has 9 rings (SSSR count). The smallest absolute Gasteiger partial charge is 0.869 e. The summed E-state index contributed by atoms with van der Waals surface area (Å²) in [6, 6.07) is 24.5. The first kappa shape index (κ1) is 50.7. The molecule has 0 saturated carbocycles. The molecule has 20 nitrogen and oxygen atoms in total. The van der Waals surface area contributed by atoms with Gasteiger partial charge in [-0.15, -0.1) is 0 Å². The van der Waals surface area contributed by atoms with Crippen LogP contribution in [-0.4, -0.2) is 58.8 Å². The van der Waals surface area contributed by atoms with E-state index in [0.717, 1.165) is 36.4 Å². The predicted octanol–water partition coefficient (Wildman–Crippen LogP) is -1.95. The normalized spacial score (nSPS) is 12.2. The van der Waals surface area contributed by atoms with Gasteiger partial charge in [0.2, 0.25) is 0 Å². The predicted molar refractivity (Wildman–Crippen MR) is 224 cm³/mol. The van der Waals surface area contributed by atoms with Gasteiger partial charge in [-0.2, -0.15) is 37.3 Å². The van der Waals surface area contributed by atoms with Crippen LogP contribution in [-0.2, 0) is 30.4 Å². The molecule has 0 fully saturated rings. The van der Waals surface area contributed by atoms with Gasteiger partial charge in [0.25, 0.3) is 20.2 Å². The zero-order valence-electron chi connectivity index (χ0n) is 34.4. The third-order valence-corrected chi connectivity index (χ3v) is 12.4. The fourth-order valence-corrected chi connectivity index (χ4v) is 8.37. The number of nitrogens with zero attached hydrogens (tertiary/aromatic N) is 6. The van der Waals surface area contributed by atoms with Crippen molar-refractivity contribution < 1.29 is 138 Å². The molecule has 0 aliphatic rings. The molecule has 0 aliphatic heterocycles. The number of rotatable bonds is 9. The van der Waals surface area contributed by atoms with E-state index in [-0.39, 0.29) is 155 Å². The molecule has 0 saturated heterocycles. The van der Waals surface area contributed by atoms with Crippen LogP contribution in [0, 0.1) is 0 Å². The van der Waals surface area contributed by atoms with Gasteiger partial charge < -0.3 is 30.5 Å². The van der Waals surface area contributed by atoms with Crippen molar-refractivity contribution in [3.63, 3.8) is 0 Å². The van der Waals surface area contributed by atoms with Gasteiger partial charge in [0.1, 0.15) is 21.8 Å². The SMILES string of the molecule is Nc1cccc(-c2nc3c([nH]2)c([O-])c(N=Nc2cccc(-c4nc5c([nH]4)c([O-])c(N=Nc4ccc(S(=O)(=O)[O-])cc4)c4cc(S(=O)(=O)O)ccc45)c2)c2cc(S(=O)(=O)O)ccc23)c1.[Na+].[Na+].[Na+]. The van der Waals surface area contributed by atoms with Gasteiger partial charge in [-0.3, -0.25) is 9.11 Å². The molecule has 0 aliphatic carbocycles. The van der Waals surface area contributed by atoms with Gasteiger partial charge in [-0.05, 0) is 72.8 Å². The van der Waals surface area contributed by atoms with E-state index in [1.807, 2.05) is 0 Å². The number of azo groups is 2. The van der Waals surface area contributed by atoms with Gasteiger partial charge in [-0.25, -0.2) is 18.4 Å². The first-order chi connectivity index (χ1) is 29.8. The quantitative estimate of drug-likeness (QED) is 0.0455. The van der Waals surface area contributed by atoms with Crippen molar-refractivity contribution in [2.45, 2.75) is 14.7 Å². The minimum absolute atomic E-state index is 0. The second kappa shape index (κ2) is 19.1. The van der Waals surface area contributed by atoms with Crippen LogP contribution in [0.4, 0.5) is 28.4 Å². The third kappa shape index (κ3) is 9.83. The van der Waals surface area contributed by atoms with Gasteiger partial charge >= 0.3 is 88.7 Å². The number of nitrogens with two attached hydrogens (primary N) is 1. The van der Waals surface area contributed by atoms with Crippen molar-refractivity contribution in [1.82, 2.24) is 19.9 Å². The molecule has 26 heteroatoms. The molecule has 9 aromatic rings. The molecule has 316 valence electrons. The average Bonchev–Trinajstić information content (AvgIpc) is 3.90. The van der Waals surface area contributed by atoms with E-state index in [2.05, 4.69) is 40.4 Å². The Labute approximate surface area is 439 Å². The van der Waals surface area contributed by atoms with Crippen LogP contribution < -0.4 is 105 Å². The minimum atomic E-state index is -4.76. The topological polar surface area (TPSA) is 345 Å². The van der Waals surface area contributed by atoms with E-state index in [4.69, 9.17) is 5.73 Å². The number of anilines is 1. The van der Waals surface area contributed by atoms with E-state index in [1.54, 1.807) is 42.5 Å². The van der Waals surface area contributed by atoms with Gasteiger partial charge in [0.05, 0.1) is 59.5 Å². The van der Waals surface area contributed by atoms with Crippen LogP contribution in [0.25, 0.3) is 66.4 Å².